The summed E-state index contributed by atoms with van der Waals surface area (Å²) >= 11 is 0. The van der Waals surface area contributed by atoms with Gasteiger partial charge < -0.3 is 15.7 Å². The summed E-state index contributed by atoms with van der Waals surface area (Å²) in [6, 6.07) is 6.75. The Morgan fingerprint density at radius 1 is 1.28 bits per heavy atom. The third kappa shape index (κ3) is 5.78. The highest BCUT2D eigenvalue weighted by atomic mass is 32.2. The Hall–Kier alpha value is -1.48. The Bertz CT molecular complexity index is 674. The van der Waals surface area contributed by atoms with Crippen molar-refractivity contribution in [2.45, 2.75) is 37.2 Å². The minimum atomic E-state index is -3.62. The predicted octanol–water partition coefficient (Wildman–Crippen LogP) is 0.175. The number of hydrogen-bond donors (Lipinski definition) is 4. The lowest BCUT2D eigenvalue weighted by molar-refractivity contribution is -0.121. The van der Waals surface area contributed by atoms with E-state index >= 15 is 0 Å². The first-order chi connectivity index (χ1) is 11.8. The van der Waals surface area contributed by atoms with Crippen LogP contribution < -0.4 is 15.4 Å². The maximum Gasteiger partial charge on any atom is 0.240 e. The monoisotopic (exact) mass is 369 g/mol. The second-order valence-electron chi connectivity index (χ2n) is 6.66. The number of hydrogen-bond acceptors (Lipinski definition) is 5. The first-order valence-electron chi connectivity index (χ1n) is 8.54. The summed E-state index contributed by atoms with van der Waals surface area (Å²) in [6.07, 6.45) is -0.396. The zero-order valence-electron chi connectivity index (χ0n) is 14.7. The van der Waals surface area contributed by atoms with Gasteiger partial charge in [0.2, 0.25) is 15.9 Å². The molecule has 1 aromatic carbocycles. The fourth-order valence-electron chi connectivity index (χ4n) is 2.67. The topological polar surface area (TPSA) is 108 Å². The van der Waals surface area contributed by atoms with Crippen LogP contribution in [0.4, 0.5) is 0 Å². The van der Waals surface area contributed by atoms with Crippen molar-refractivity contribution >= 4 is 15.9 Å². The van der Waals surface area contributed by atoms with Crippen LogP contribution in [0.2, 0.25) is 0 Å². The normalized spacial score (nSPS) is 20.8. The van der Waals surface area contributed by atoms with Crippen molar-refractivity contribution in [3.05, 3.63) is 29.8 Å². The summed E-state index contributed by atoms with van der Waals surface area (Å²) in [6.45, 7) is 5.71. The Balaban J connectivity index is 1.76. The van der Waals surface area contributed by atoms with E-state index in [4.69, 9.17) is 0 Å². The average Bonchev–Trinajstić information content (AvgIpc) is 2.98. The van der Waals surface area contributed by atoms with Gasteiger partial charge in [-0.3, -0.25) is 4.79 Å². The fraction of sp³-hybridized carbons (Fsp3) is 0.588. The first kappa shape index (κ1) is 19.8. The van der Waals surface area contributed by atoms with E-state index in [9.17, 15) is 18.3 Å². The van der Waals surface area contributed by atoms with Crippen molar-refractivity contribution in [1.82, 2.24) is 15.4 Å². The van der Waals surface area contributed by atoms with Gasteiger partial charge in [0.05, 0.1) is 11.0 Å². The molecule has 1 fully saturated rings. The predicted molar refractivity (Wildman–Crippen MR) is 95.7 cm³/mol. The maximum atomic E-state index is 12.2. The molecule has 1 aliphatic rings. The van der Waals surface area contributed by atoms with Crippen molar-refractivity contribution in [2.24, 2.45) is 5.92 Å². The number of benzene rings is 1. The molecule has 1 heterocycles. The van der Waals surface area contributed by atoms with Gasteiger partial charge in [-0.1, -0.05) is 26.0 Å². The number of carbonyl (C=O) groups is 1. The van der Waals surface area contributed by atoms with Gasteiger partial charge >= 0.3 is 0 Å². The molecule has 1 aliphatic heterocycles. The minimum absolute atomic E-state index is 0.000105. The fourth-order valence-corrected chi connectivity index (χ4v) is 3.71. The number of aliphatic hydroxyl groups is 1. The number of aliphatic hydroxyl groups excluding tert-OH is 1. The number of sulfonamides is 1. The Morgan fingerprint density at radius 2 is 1.96 bits per heavy atom. The molecule has 4 N–H and O–H groups in total. The van der Waals surface area contributed by atoms with Gasteiger partial charge in [0.25, 0.3) is 0 Å². The molecule has 2 rings (SSSR count). The second kappa shape index (κ2) is 8.75. The molecule has 0 aliphatic carbocycles. The first-order valence-corrected chi connectivity index (χ1v) is 10.0. The van der Waals surface area contributed by atoms with E-state index in [1.165, 1.54) is 0 Å². The lowest BCUT2D eigenvalue weighted by Gasteiger charge is -2.14. The molecule has 1 aromatic rings. The van der Waals surface area contributed by atoms with Crippen LogP contribution in [-0.2, 0) is 14.8 Å². The van der Waals surface area contributed by atoms with Gasteiger partial charge in [0, 0.05) is 38.5 Å². The number of nitrogens with one attached hydrogen (secondary N) is 3. The Morgan fingerprint density at radius 3 is 2.52 bits per heavy atom. The van der Waals surface area contributed by atoms with Gasteiger partial charge in [-0.15, -0.1) is 0 Å². The van der Waals surface area contributed by atoms with Gasteiger partial charge in [0.1, 0.15) is 0 Å². The molecule has 140 valence electrons. The molecule has 0 spiro atoms. The van der Waals surface area contributed by atoms with E-state index in [0.29, 0.717) is 25.6 Å². The summed E-state index contributed by atoms with van der Waals surface area (Å²) in [5, 5.41) is 15.4. The smallest absolute Gasteiger partial charge is 0.240 e. The van der Waals surface area contributed by atoms with E-state index in [1.807, 2.05) is 13.8 Å². The lowest BCUT2D eigenvalue weighted by Crippen LogP contribution is -2.36. The number of β-amino-alcohol motifs (C(OH)–C–C–N with tert-alkyl or cyclic N) is 1. The van der Waals surface area contributed by atoms with E-state index in [1.54, 1.807) is 24.3 Å². The largest absolute Gasteiger partial charge is 0.391 e. The molecule has 0 radical (unpaired) electrons. The maximum absolute atomic E-state index is 12.2. The van der Waals surface area contributed by atoms with Gasteiger partial charge in [-0.05, 0) is 23.6 Å². The van der Waals surface area contributed by atoms with E-state index in [-0.39, 0.29) is 29.7 Å². The summed E-state index contributed by atoms with van der Waals surface area (Å²) in [5.41, 5.74) is 1.07. The lowest BCUT2D eigenvalue weighted by atomic mass is 10.0. The van der Waals surface area contributed by atoms with Gasteiger partial charge in [-0.2, -0.15) is 0 Å². The van der Waals surface area contributed by atoms with Crippen molar-refractivity contribution in [1.29, 1.82) is 0 Å². The standard InChI is InChI=1S/C17H27N3O4S/c1-12(2)13-3-5-15(6-4-13)25(23,24)20-8-7-17(22)19-10-14-9-18-11-16(14)21/h3-6,12,14,16,18,20-21H,7-11H2,1-2H3,(H,19,22). The second-order valence-corrected chi connectivity index (χ2v) is 8.43. The Kier molecular flexibility index (Phi) is 6.95. The highest BCUT2D eigenvalue weighted by Gasteiger charge is 2.25. The van der Waals surface area contributed by atoms with Crippen LogP contribution in [0.5, 0.6) is 0 Å². The Labute approximate surface area is 149 Å². The number of amides is 1. The van der Waals surface area contributed by atoms with Crippen molar-refractivity contribution in [3.8, 4) is 0 Å². The molecular formula is C17H27N3O4S. The highest BCUT2D eigenvalue weighted by Crippen LogP contribution is 2.17. The van der Waals surface area contributed by atoms with E-state index in [2.05, 4.69) is 15.4 Å². The number of carbonyl (C=O) groups excluding carboxylic acids is 1. The van der Waals surface area contributed by atoms with Crippen LogP contribution in [0.1, 0.15) is 31.7 Å². The quantitative estimate of drug-likeness (QED) is 0.523. The molecule has 0 bridgehead atoms. The van der Waals surface area contributed by atoms with E-state index < -0.39 is 16.1 Å². The molecule has 2 unspecified atom stereocenters. The molecule has 0 aromatic heterocycles. The molecular weight excluding hydrogens is 342 g/mol. The van der Waals surface area contributed by atoms with Crippen LogP contribution in [0.25, 0.3) is 0 Å². The summed E-state index contributed by atoms with van der Waals surface area (Å²) < 4.78 is 26.9. The van der Waals surface area contributed by atoms with Crippen LogP contribution in [-0.4, -0.2) is 51.7 Å². The van der Waals surface area contributed by atoms with Crippen LogP contribution >= 0.6 is 0 Å². The summed E-state index contributed by atoms with van der Waals surface area (Å²) in [7, 11) is -3.62. The van der Waals surface area contributed by atoms with Crippen molar-refractivity contribution in [3.63, 3.8) is 0 Å². The minimum Gasteiger partial charge on any atom is -0.391 e. The van der Waals surface area contributed by atoms with E-state index in [0.717, 1.165) is 5.56 Å². The zero-order valence-corrected chi connectivity index (χ0v) is 15.5. The van der Waals surface area contributed by atoms with Crippen LogP contribution in [0, 0.1) is 5.92 Å². The summed E-state index contributed by atoms with van der Waals surface area (Å²) in [5.74, 6) is 0.0964. The molecule has 7 nitrogen and oxygen atoms in total. The third-order valence-corrected chi connectivity index (χ3v) is 5.84. The average molecular weight is 369 g/mol. The molecule has 1 saturated heterocycles. The SMILES string of the molecule is CC(C)c1ccc(S(=O)(=O)NCCC(=O)NCC2CNCC2O)cc1. The van der Waals surface area contributed by atoms with Crippen molar-refractivity contribution < 1.29 is 18.3 Å². The van der Waals surface area contributed by atoms with Crippen LogP contribution in [0.3, 0.4) is 0 Å². The molecule has 0 saturated carbocycles. The summed E-state index contributed by atoms with van der Waals surface area (Å²) in [4.78, 5) is 12.0. The molecule has 25 heavy (non-hydrogen) atoms. The van der Waals surface area contributed by atoms with Gasteiger partial charge in [-0.25, -0.2) is 13.1 Å². The highest BCUT2D eigenvalue weighted by molar-refractivity contribution is 7.89. The van der Waals surface area contributed by atoms with Crippen LogP contribution in [0.15, 0.2) is 29.2 Å². The molecule has 2 atom stereocenters. The molecule has 1 amide bonds. The molecule has 8 heteroatoms. The van der Waals surface area contributed by atoms with Crippen molar-refractivity contribution in [2.75, 3.05) is 26.2 Å². The zero-order chi connectivity index (χ0) is 18.4. The third-order valence-electron chi connectivity index (χ3n) is 4.37. The number of rotatable bonds is 8. The van der Waals surface area contributed by atoms with Gasteiger partial charge in [0.15, 0.2) is 0 Å².